The van der Waals surface area contributed by atoms with Crippen LogP contribution in [0.15, 0.2) is 29.4 Å². The fourth-order valence-electron chi connectivity index (χ4n) is 0.853. The van der Waals surface area contributed by atoms with Crippen LogP contribution in [0.4, 0.5) is 0 Å². The average Bonchev–Trinajstić information content (AvgIpc) is 2.29. The van der Waals surface area contributed by atoms with Crippen molar-refractivity contribution in [2.24, 2.45) is 5.73 Å². The van der Waals surface area contributed by atoms with Crippen molar-refractivity contribution in [3.05, 3.63) is 24.4 Å². The fourth-order valence-corrected chi connectivity index (χ4v) is 2.95. The second kappa shape index (κ2) is 7.13. The van der Waals surface area contributed by atoms with Crippen LogP contribution in [0.3, 0.4) is 0 Å². The van der Waals surface area contributed by atoms with E-state index in [1.807, 2.05) is 18.2 Å². The lowest BCUT2D eigenvalue weighted by molar-refractivity contribution is -0.122. The van der Waals surface area contributed by atoms with E-state index >= 15 is 0 Å². The van der Waals surface area contributed by atoms with E-state index in [4.69, 9.17) is 5.73 Å². The summed E-state index contributed by atoms with van der Waals surface area (Å²) >= 11 is 0. The maximum atomic E-state index is 10.9. The zero-order valence-corrected chi connectivity index (χ0v) is 9.96. The van der Waals surface area contributed by atoms with Gasteiger partial charge in [-0.25, -0.2) is 4.98 Å². The van der Waals surface area contributed by atoms with Gasteiger partial charge in [-0.05, 0) is 22.9 Å². The van der Waals surface area contributed by atoms with Gasteiger partial charge in [0.05, 0.1) is 0 Å². The summed E-state index contributed by atoms with van der Waals surface area (Å²) in [5.41, 5.74) is 5.10. The number of hydrogen-bond donors (Lipinski definition) is 2. The van der Waals surface area contributed by atoms with Crippen molar-refractivity contribution in [1.29, 1.82) is 0 Å². The Morgan fingerprint density at radius 1 is 1.62 bits per heavy atom. The molecule has 5 nitrogen and oxygen atoms in total. The van der Waals surface area contributed by atoms with Gasteiger partial charge >= 0.3 is 0 Å². The van der Waals surface area contributed by atoms with Crippen molar-refractivity contribution in [2.75, 3.05) is 5.75 Å². The lowest BCUT2D eigenvalue weighted by Gasteiger charge is -2.10. The molecule has 0 unspecified atom stereocenters. The Morgan fingerprint density at radius 3 is 3.00 bits per heavy atom. The van der Waals surface area contributed by atoms with Gasteiger partial charge in [0.25, 0.3) is 0 Å². The second-order valence-electron chi connectivity index (χ2n) is 2.78. The van der Waals surface area contributed by atoms with Crippen LogP contribution in [-0.4, -0.2) is 29.1 Å². The summed E-state index contributed by atoms with van der Waals surface area (Å²) < 4.78 is 0. The summed E-state index contributed by atoms with van der Waals surface area (Å²) in [5, 5.41) is 3.21. The summed E-state index contributed by atoms with van der Waals surface area (Å²) in [5.74, 6) is -0.129. The Hall–Kier alpha value is -1.21. The highest BCUT2D eigenvalue weighted by Crippen LogP contribution is 2.29. The largest absolute Gasteiger partial charge is 0.368 e. The molecule has 0 aliphatic carbocycles. The summed E-state index contributed by atoms with van der Waals surface area (Å²) in [6, 6.07) is 4.93. The molecule has 7 heteroatoms. The van der Waals surface area contributed by atoms with Crippen molar-refractivity contribution in [1.82, 2.24) is 10.3 Å². The molecule has 3 N–H and O–H groups in total. The summed E-state index contributed by atoms with van der Waals surface area (Å²) in [6.45, 7) is 0. The molecule has 0 aromatic carbocycles. The molecule has 0 fully saturated rings. The molecule has 0 spiro atoms. The van der Waals surface area contributed by atoms with Crippen LogP contribution in [0.2, 0.25) is 0 Å². The first-order chi connectivity index (χ1) is 7.74. The van der Waals surface area contributed by atoms with E-state index in [0.717, 1.165) is 5.03 Å². The quantitative estimate of drug-likeness (QED) is 0.546. The number of aromatic nitrogens is 1. The highest BCUT2D eigenvalue weighted by atomic mass is 33.1. The Balaban J connectivity index is 2.33. The lowest BCUT2D eigenvalue weighted by atomic mass is 10.3. The molecular weight excluding hydrogens is 246 g/mol. The number of hydrogen-bond acceptors (Lipinski definition) is 5. The third-order valence-electron chi connectivity index (χ3n) is 1.63. The summed E-state index contributed by atoms with van der Waals surface area (Å²) in [7, 11) is 2.85. The summed E-state index contributed by atoms with van der Waals surface area (Å²) in [6.07, 6.45) is 2.17. The molecule has 2 amide bonds. The summed E-state index contributed by atoms with van der Waals surface area (Å²) in [4.78, 5) is 25.2. The number of rotatable bonds is 7. The third-order valence-corrected chi connectivity index (χ3v) is 3.90. The van der Waals surface area contributed by atoms with E-state index in [9.17, 15) is 9.59 Å². The first-order valence-electron chi connectivity index (χ1n) is 4.43. The number of nitrogens with one attached hydrogen (secondary N) is 1. The second-order valence-corrected chi connectivity index (χ2v) is 5.14. The van der Waals surface area contributed by atoms with Crippen molar-refractivity contribution < 1.29 is 9.59 Å². The molecule has 16 heavy (non-hydrogen) atoms. The molecule has 1 aromatic heterocycles. The van der Waals surface area contributed by atoms with Crippen LogP contribution in [0.5, 0.6) is 0 Å². The maximum absolute atomic E-state index is 10.9. The van der Waals surface area contributed by atoms with Gasteiger partial charge in [-0.2, -0.15) is 0 Å². The molecule has 0 aliphatic rings. The number of carbonyl (C=O) groups excluding carboxylic acids is 2. The third kappa shape index (κ3) is 4.54. The zero-order valence-electron chi connectivity index (χ0n) is 8.33. The normalized spacial score (nSPS) is 11.8. The molecule has 86 valence electrons. The molecule has 0 radical (unpaired) electrons. The first-order valence-corrected chi connectivity index (χ1v) is 6.75. The van der Waals surface area contributed by atoms with E-state index in [1.54, 1.807) is 6.20 Å². The Morgan fingerprint density at radius 2 is 2.44 bits per heavy atom. The van der Waals surface area contributed by atoms with Crippen LogP contribution in [0, 0.1) is 0 Å². The number of nitrogens with two attached hydrogens (primary N) is 1. The van der Waals surface area contributed by atoms with Gasteiger partial charge in [0.2, 0.25) is 12.3 Å². The van der Waals surface area contributed by atoms with Crippen molar-refractivity contribution >= 4 is 33.9 Å². The molecule has 1 aromatic rings. The standard InChI is InChI=1S/C9H11N3O2S2/c10-9(14)7(12-6-13)5-15-16-8-3-1-2-4-11-8/h1-4,6-7H,5H2,(H2,10,14)(H,12,13)/t7-/m0/s1. The first kappa shape index (κ1) is 12.9. The number of pyridine rings is 1. The number of carbonyl (C=O) groups is 2. The molecule has 0 aliphatic heterocycles. The Kier molecular flexibility index (Phi) is 5.73. The Bertz CT molecular complexity index is 348. The van der Waals surface area contributed by atoms with Gasteiger partial charge in [-0.15, -0.1) is 0 Å². The minimum atomic E-state index is -0.640. The van der Waals surface area contributed by atoms with Crippen LogP contribution >= 0.6 is 21.6 Å². The van der Waals surface area contributed by atoms with Crippen LogP contribution in [0.25, 0.3) is 0 Å². The zero-order chi connectivity index (χ0) is 11.8. The fraction of sp³-hybridized carbons (Fsp3) is 0.222. The SMILES string of the molecule is NC(=O)[C@H](CSSc1ccccn1)NC=O. The van der Waals surface area contributed by atoms with E-state index < -0.39 is 11.9 Å². The molecular formula is C9H11N3O2S2. The van der Waals surface area contributed by atoms with Crippen LogP contribution in [0.1, 0.15) is 0 Å². The predicted octanol–water partition coefficient (Wildman–Crippen LogP) is 0.422. The average molecular weight is 257 g/mol. The monoisotopic (exact) mass is 257 g/mol. The molecule has 1 atom stereocenters. The number of amides is 2. The highest BCUT2D eigenvalue weighted by Gasteiger charge is 2.14. The van der Waals surface area contributed by atoms with Gasteiger partial charge in [0.15, 0.2) is 0 Å². The van der Waals surface area contributed by atoms with E-state index in [2.05, 4.69) is 10.3 Å². The molecule has 1 rings (SSSR count). The van der Waals surface area contributed by atoms with Gasteiger partial charge in [0.1, 0.15) is 11.1 Å². The van der Waals surface area contributed by atoms with Gasteiger partial charge in [0, 0.05) is 11.9 Å². The number of primary amides is 1. The Labute approximate surface area is 101 Å². The van der Waals surface area contributed by atoms with Crippen LogP contribution < -0.4 is 11.1 Å². The lowest BCUT2D eigenvalue weighted by Crippen LogP contribution is -2.42. The van der Waals surface area contributed by atoms with E-state index in [0.29, 0.717) is 12.2 Å². The van der Waals surface area contributed by atoms with E-state index in [1.165, 1.54) is 21.6 Å². The van der Waals surface area contributed by atoms with Crippen molar-refractivity contribution in [3.8, 4) is 0 Å². The minimum Gasteiger partial charge on any atom is -0.368 e. The van der Waals surface area contributed by atoms with Gasteiger partial charge in [-0.1, -0.05) is 16.9 Å². The number of nitrogens with zero attached hydrogens (tertiary/aromatic N) is 1. The van der Waals surface area contributed by atoms with E-state index in [-0.39, 0.29) is 0 Å². The predicted molar refractivity (Wildman–Crippen MR) is 64.7 cm³/mol. The maximum Gasteiger partial charge on any atom is 0.240 e. The van der Waals surface area contributed by atoms with Crippen molar-refractivity contribution in [2.45, 2.75) is 11.1 Å². The van der Waals surface area contributed by atoms with Gasteiger partial charge < -0.3 is 11.1 Å². The molecule has 1 heterocycles. The topological polar surface area (TPSA) is 85.1 Å². The molecule has 0 saturated heterocycles. The molecule has 0 saturated carbocycles. The van der Waals surface area contributed by atoms with Gasteiger partial charge in [-0.3, -0.25) is 9.59 Å². The smallest absolute Gasteiger partial charge is 0.240 e. The minimum absolute atomic E-state index is 0.412. The highest BCUT2D eigenvalue weighted by molar-refractivity contribution is 8.76. The van der Waals surface area contributed by atoms with Crippen LogP contribution in [-0.2, 0) is 9.59 Å². The molecule has 0 bridgehead atoms. The van der Waals surface area contributed by atoms with Crippen molar-refractivity contribution in [3.63, 3.8) is 0 Å².